The number of nitrogens with two attached hydrogens (primary N) is 1. The van der Waals surface area contributed by atoms with E-state index in [2.05, 4.69) is 41.8 Å². The Bertz CT molecular complexity index is 386. The van der Waals surface area contributed by atoms with Crippen molar-refractivity contribution in [2.24, 2.45) is 17.8 Å². The van der Waals surface area contributed by atoms with Crippen molar-refractivity contribution in [3.63, 3.8) is 0 Å². The van der Waals surface area contributed by atoms with Crippen LogP contribution < -0.4 is 5.73 Å². The van der Waals surface area contributed by atoms with Gasteiger partial charge in [0.25, 0.3) is 0 Å². The van der Waals surface area contributed by atoms with E-state index < -0.39 is 0 Å². The van der Waals surface area contributed by atoms with Crippen LogP contribution in [0.25, 0.3) is 0 Å². The number of nitrogen functional groups attached to an aromatic ring is 1. The fourth-order valence-electron chi connectivity index (χ4n) is 3.05. The predicted octanol–water partition coefficient (Wildman–Crippen LogP) is 3.86. The Hall–Kier alpha value is -0.510. The van der Waals surface area contributed by atoms with Crippen molar-refractivity contribution in [2.75, 3.05) is 5.73 Å². The lowest BCUT2D eigenvalue weighted by Crippen LogP contribution is -2.31. The monoisotopic (exact) mass is 299 g/mol. The fraction of sp³-hybridized carbons (Fsp3) is 0.769. The van der Waals surface area contributed by atoms with Crippen LogP contribution in [-0.4, -0.2) is 9.78 Å². The van der Waals surface area contributed by atoms with Crippen LogP contribution in [0.2, 0.25) is 0 Å². The molecule has 3 atom stereocenters. The SMILES string of the molecule is CC1CCC(C(C)C)C(n2ncc(Br)c2N)C1. The van der Waals surface area contributed by atoms with Gasteiger partial charge in [0.1, 0.15) is 5.82 Å². The lowest BCUT2D eigenvalue weighted by molar-refractivity contribution is 0.141. The van der Waals surface area contributed by atoms with Crippen molar-refractivity contribution in [1.82, 2.24) is 9.78 Å². The molecule has 1 aromatic rings. The second-order valence-electron chi connectivity index (χ2n) is 5.72. The second kappa shape index (κ2) is 5.01. The maximum Gasteiger partial charge on any atom is 0.136 e. The normalized spacial score (nSPS) is 29.8. The summed E-state index contributed by atoms with van der Waals surface area (Å²) >= 11 is 3.45. The summed E-state index contributed by atoms with van der Waals surface area (Å²) in [6, 6.07) is 0.463. The van der Waals surface area contributed by atoms with Crippen molar-refractivity contribution in [2.45, 2.75) is 46.1 Å². The Morgan fingerprint density at radius 1 is 1.47 bits per heavy atom. The molecule has 0 aliphatic heterocycles. The fourth-order valence-corrected chi connectivity index (χ4v) is 3.32. The molecular formula is C13H22BrN3. The maximum atomic E-state index is 6.09. The van der Waals surface area contributed by atoms with Gasteiger partial charge in [-0.25, -0.2) is 4.68 Å². The van der Waals surface area contributed by atoms with Crippen molar-refractivity contribution in [3.8, 4) is 0 Å². The Morgan fingerprint density at radius 3 is 2.71 bits per heavy atom. The number of anilines is 1. The molecule has 1 heterocycles. The quantitative estimate of drug-likeness (QED) is 0.901. The number of hydrogen-bond acceptors (Lipinski definition) is 2. The van der Waals surface area contributed by atoms with Gasteiger partial charge in [-0.1, -0.05) is 27.2 Å². The van der Waals surface area contributed by atoms with Crippen LogP contribution in [0.1, 0.15) is 46.1 Å². The van der Waals surface area contributed by atoms with Gasteiger partial charge in [0.2, 0.25) is 0 Å². The van der Waals surface area contributed by atoms with Crippen LogP contribution >= 0.6 is 15.9 Å². The first-order valence-electron chi connectivity index (χ1n) is 6.49. The summed E-state index contributed by atoms with van der Waals surface area (Å²) in [4.78, 5) is 0. The lowest BCUT2D eigenvalue weighted by atomic mass is 9.74. The topological polar surface area (TPSA) is 43.8 Å². The first-order chi connectivity index (χ1) is 8.00. The summed E-state index contributed by atoms with van der Waals surface area (Å²) in [6.45, 7) is 6.95. The highest BCUT2D eigenvalue weighted by Crippen LogP contribution is 2.42. The highest BCUT2D eigenvalue weighted by molar-refractivity contribution is 9.10. The van der Waals surface area contributed by atoms with E-state index in [0.29, 0.717) is 17.9 Å². The Balaban J connectivity index is 2.29. The molecule has 3 nitrogen and oxygen atoms in total. The zero-order valence-electron chi connectivity index (χ0n) is 10.9. The number of hydrogen-bond donors (Lipinski definition) is 1. The van der Waals surface area contributed by atoms with Crippen molar-refractivity contribution in [3.05, 3.63) is 10.7 Å². The minimum absolute atomic E-state index is 0.463. The average Bonchev–Trinajstić information content (AvgIpc) is 2.59. The third-order valence-corrected chi connectivity index (χ3v) is 4.70. The average molecular weight is 300 g/mol. The molecule has 3 unspecified atom stereocenters. The predicted molar refractivity (Wildman–Crippen MR) is 74.7 cm³/mol. The Kier molecular flexibility index (Phi) is 3.81. The molecule has 1 aromatic heterocycles. The minimum atomic E-state index is 0.463. The molecule has 1 fully saturated rings. The zero-order chi connectivity index (χ0) is 12.6. The molecule has 17 heavy (non-hydrogen) atoms. The molecule has 0 radical (unpaired) electrons. The van der Waals surface area contributed by atoms with Crippen LogP contribution in [0, 0.1) is 17.8 Å². The third-order valence-electron chi connectivity index (χ3n) is 4.09. The van der Waals surface area contributed by atoms with Crippen molar-refractivity contribution >= 4 is 21.7 Å². The first-order valence-corrected chi connectivity index (χ1v) is 7.28. The number of halogens is 1. The summed E-state index contributed by atoms with van der Waals surface area (Å²) < 4.78 is 2.95. The van der Waals surface area contributed by atoms with Gasteiger partial charge < -0.3 is 5.73 Å². The lowest BCUT2D eigenvalue weighted by Gasteiger charge is -2.37. The third kappa shape index (κ3) is 2.51. The van der Waals surface area contributed by atoms with E-state index in [1.165, 1.54) is 19.3 Å². The van der Waals surface area contributed by atoms with Crippen molar-refractivity contribution < 1.29 is 0 Å². The summed E-state index contributed by atoms with van der Waals surface area (Å²) in [6.07, 6.45) is 5.63. The zero-order valence-corrected chi connectivity index (χ0v) is 12.4. The van der Waals surface area contributed by atoms with E-state index in [4.69, 9.17) is 5.73 Å². The van der Waals surface area contributed by atoms with Gasteiger partial charge in [-0.3, -0.25) is 0 Å². The molecule has 0 amide bonds. The van der Waals surface area contributed by atoms with Crippen LogP contribution in [0.5, 0.6) is 0 Å². The molecular weight excluding hydrogens is 278 g/mol. The number of nitrogens with zero attached hydrogens (tertiary/aromatic N) is 2. The Morgan fingerprint density at radius 2 is 2.18 bits per heavy atom. The molecule has 2 N–H and O–H groups in total. The molecule has 0 saturated heterocycles. The smallest absolute Gasteiger partial charge is 0.136 e. The molecule has 1 aliphatic carbocycles. The standard InChI is InChI=1S/C13H22BrN3/c1-8(2)10-5-4-9(3)6-12(10)17-13(15)11(14)7-16-17/h7-10,12H,4-6,15H2,1-3H3. The second-order valence-corrected chi connectivity index (χ2v) is 6.57. The van der Waals surface area contributed by atoms with E-state index in [1.807, 2.05) is 10.9 Å². The van der Waals surface area contributed by atoms with E-state index in [0.717, 1.165) is 16.2 Å². The van der Waals surface area contributed by atoms with E-state index in [9.17, 15) is 0 Å². The summed E-state index contributed by atoms with van der Waals surface area (Å²) in [5.74, 6) is 2.93. The number of rotatable bonds is 2. The van der Waals surface area contributed by atoms with Crippen LogP contribution in [0.15, 0.2) is 10.7 Å². The molecule has 96 valence electrons. The van der Waals surface area contributed by atoms with E-state index in [1.54, 1.807) is 0 Å². The first kappa shape index (κ1) is 12.9. The highest BCUT2D eigenvalue weighted by Gasteiger charge is 2.33. The van der Waals surface area contributed by atoms with Crippen molar-refractivity contribution in [1.29, 1.82) is 0 Å². The summed E-state index contributed by atoms with van der Waals surface area (Å²) in [5.41, 5.74) is 6.09. The maximum absolute atomic E-state index is 6.09. The molecule has 1 saturated carbocycles. The van der Waals surface area contributed by atoms with E-state index >= 15 is 0 Å². The van der Waals surface area contributed by atoms with Crippen LogP contribution in [0.3, 0.4) is 0 Å². The van der Waals surface area contributed by atoms with Gasteiger partial charge >= 0.3 is 0 Å². The minimum Gasteiger partial charge on any atom is -0.383 e. The largest absolute Gasteiger partial charge is 0.383 e. The molecule has 0 aromatic carbocycles. The van der Waals surface area contributed by atoms with Gasteiger partial charge in [-0.15, -0.1) is 0 Å². The van der Waals surface area contributed by atoms with Crippen LogP contribution in [-0.2, 0) is 0 Å². The molecule has 0 bridgehead atoms. The highest BCUT2D eigenvalue weighted by atomic mass is 79.9. The molecule has 1 aliphatic rings. The van der Waals surface area contributed by atoms with Gasteiger partial charge in [0.05, 0.1) is 16.7 Å². The van der Waals surface area contributed by atoms with Gasteiger partial charge in [0.15, 0.2) is 0 Å². The van der Waals surface area contributed by atoms with E-state index in [-0.39, 0.29) is 0 Å². The van der Waals surface area contributed by atoms with Gasteiger partial charge in [-0.2, -0.15) is 5.10 Å². The number of aromatic nitrogens is 2. The summed E-state index contributed by atoms with van der Waals surface area (Å²) in [5, 5.41) is 4.45. The Labute approximate surface area is 112 Å². The molecule has 0 spiro atoms. The van der Waals surface area contributed by atoms with Crippen LogP contribution in [0.4, 0.5) is 5.82 Å². The van der Waals surface area contributed by atoms with Gasteiger partial charge in [-0.05, 0) is 46.5 Å². The van der Waals surface area contributed by atoms with Gasteiger partial charge in [0, 0.05) is 0 Å². The molecule has 2 rings (SSSR count). The summed E-state index contributed by atoms with van der Waals surface area (Å²) in [7, 11) is 0. The molecule has 4 heteroatoms.